The number of ether oxygens (including phenoxy) is 1. The average Bonchev–Trinajstić information content (AvgIpc) is 2.27. The van der Waals surface area contributed by atoms with Crippen LogP contribution in [0.3, 0.4) is 0 Å². The van der Waals surface area contributed by atoms with Gasteiger partial charge in [0.15, 0.2) is 0 Å². The van der Waals surface area contributed by atoms with Crippen LogP contribution in [0, 0.1) is 5.92 Å². The summed E-state index contributed by atoms with van der Waals surface area (Å²) >= 11 is 0. The summed E-state index contributed by atoms with van der Waals surface area (Å²) in [6.07, 6.45) is 0. The number of benzene rings is 1. The maximum absolute atomic E-state index is 12.2. The third kappa shape index (κ3) is 3.46. The molecule has 0 fully saturated rings. The second-order valence-electron chi connectivity index (χ2n) is 5.16. The number of rotatable bonds is 5. The minimum atomic E-state index is -3.49. The molecule has 0 amide bonds. The second-order valence-corrected chi connectivity index (χ2v) is 6.84. The average molecular weight is 271 g/mol. The highest BCUT2D eigenvalue weighted by Crippen LogP contribution is 2.21. The minimum absolute atomic E-state index is 0.200. The van der Waals surface area contributed by atoms with E-state index in [0.29, 0.717) is 5.75 Å². The lowest BCUT2D eigenvalue weighted by Crippen LogP contribution is -2.47. The molecule has 1 aromatic carbocycles. The lowest BCUT2D eigenvalue weighted by Gasteiger charge is -2.30. The van der Waals surface area contributed by atoms with Crippen LogP contribution in [0.25, 0.3) is 0 Å². The van der Waals surface area contributed by atoms with Crippen LogP contribution in [0.5, 0.6) is 5.75 Å². The van der Waals surface area contributed by atoms with E-state index in [9.17, 15) is 8.42 Å². The van der Waals surface area contributed by atoms with E-state index in [1.54, 1.807) is 19.2 Å². The molecular weight excluding hydrogens is 250 g/mol. The zero-order valence-electron chi connectivity index (χ0n) is 11.5. The topological polar surface area (TPSA) is 55.4 Å². The SMILES string of the molecule is COc1ccc(S(=O)(=O)NC(C)(C)C(C)C)cc1. The lowest BCUT2D eigenvalue weighted by molar-refractivity contribution is 0.336. The van der Waals surface area contributed by atoms with Crippen molar-refractivity contribution in [2.24, 2.45) is 5.92 Å². The van der Waals surface area contributed by atoms with E-state index >= 15 is 0 Å². The molecule has 1 N–H and O–H groups in total. The molecular formula is C13H21NO3S. The van der Waals surface area contributed by atoms with Gasteiger partial charge in [0.1, 0.15) is 5.75 Å². The van der Waals surface area contributed by atoms with Crippen molar-refractivity contribution in [2.45, 2.75) is 38.1 Å². The number of sulfonamides is 1. The Labute approximate surface area is 109 Å². The van der Waals surface area contributed by atoms with E-state index in [-0.39, 0.29) is 10.8 Å². The van der Waals surface area contributed by atoms with E-state index in [1.165, 1.54) is 12.1 Å². The van der Waals surface area contributed by atoms with Crippen LogP contribution in [0.2, 0.25) is 0 Å². The normalized spacial score (nSPS) is 12.8. The van der Waals surface area contributed by atoms with Crippen molar-refractivity contribution in [1.82, 2.24) is 4.72 Å². The lowest BCUT2D eigenvalue weighted by atomic mass is 9.92. The summed E-state index contributed by atoms with van der Waals surface area (Å²) in [5.74, 6) is 0.836. The molecule has 0 heterocycles. The summed E-state index contributed by atoms with van der Waals surface area (Å²) in [7, 11) is -1.95. The van der Waals surface area contributed by atoms with E-state index in [0.717, 1.165) is 0 Å². The Balaban J connectivity index is 2.99. The largest absolute Gasteiger partial charge is 0.497 e. The third-order valence-electron chi connectivity index (χ3n) is 3.21. The molecule has 1 rings (SSSR count). The Morgan fingerprint density at radius 2 is 1.67 bits per heavy atom. The Kier molecular flexibility index (Phi) is 4.40. The molecule has 18 heavy (non-hydrogen) atoms. The van der Waals surface area contributed by atoms with Crippen LogP contribution >= 0.6 is 0 Å². The monoisotopic (exact) mass is 271 g/mol. The first-order chi connectivity index (χ1) is 8.19. The van der Waals surface area contributed by atoms with Gasteiger partial charge in [-0.05, 0) is 44.0 Å². The standard InChI is InChI=1S/C13H21NO3S/c1-10(2)13(3,4)14-18(15,16)12-8-6-11(17-5)7-9-12/h6-10,14H,1-5H3. The third-order valence-corrected chi connectivity index (χ3v) is 4.90. The Morgan fingerprint density at radius 1 is 1.17 bits per heavy atom. The molecule has 0 aromatic heterocycles. The zero-order chi connectivity index (χ0) is 14.0. The summed E-state index contributed by atoms with van der Waals surface area (Å²) in [4.78, 5) is 0.247. The fourth-order valence-corrected chi connectivity index (χ4v) is 2.82. The number of hydrogen-bond acceptors (Lipinski definition) is 3. The van der Waals surface area contributed by atoms with E-state index < -0.39 is 15.6 Å². The van der Waals surface area contributed by atoms with Gasteiger partial charge in [-0.2, -0.15) is 0 Å². The van der Waals surface area contributed by atoms with Crippen LogP contribution in [-0.4, -0.2) is 21.1 Å². The van der Waals surface area contributed by atoms with Gasteiger partial charge >= 0.3 is 0 Å². The van der Waals surface area contributed by atoms with Crippen molar-refractivity contribution < 1.29 is 13.2 Å². The fraction of sp³-hybridized carbons (Fsp3) is 0.538. The predicted octanol–water partition coefficient (Wildman–Crippen LogP) is 2.41. The van der Waals surface area contributed by atoms with Crippen molar-refractivity contribution in [3.63, 3.8) is 0 Å². The molecule has 0 unspecified atom stereocenters. The zero-order valence-corrected chi connectivity index (χ0v) is 12.3. The molecule has 102 valence electrons. The Bertz CT molecular complexity index is 489. The van der Waals surface area contributed by atoms with Crippen LogP contribution < -0.4 is 9.46 Å². The first-order valence-electron chi connectivity index (χ1n) is 5.87. The van der Waals surface area contributed by atoms with Gasteiger partial charge in [-0.3, -0.25) is 0 Å². The summed E-state index contributed by atoms with van der Waals surface area (Å²) in [6.45, 7) is 7.71. The van der Waals surface area contributed by atoms with Gasteiger partial charge in [-0.25, -0.2) is 13.1 Å². The summed E-state index contributed by atoms with van der Waals surface area (Å²) in [6, 6.07) is 6.35. The number of nitrogens with one attached hydrogen (secondary N) is 1. The molecule has 0 spiro atoms. The maximum atomic E-state index is 12.2. The van der Waals surface area contributed by atoms with Gasteiger partial charge in [-0.15, -0.1) is 0 Å². The Hall–Kier alpha value is -1.07. The van der Waals surface area contributed by atoms with Crippen LogP contribution in [0.4, 0.5) is 0 Å². The van der Waals surface area contributed by atoms with E-state index in [2.05, 4.69) is 4.72 Å². The summed E-state index contributed by atoms with van der Waals surface area (Å²) in [5.41, 5.74) is -0.487. The molecule has 0 aliphatic carbocycles. The van der Waals surface area contributed by atoms with Crippen LogP contribution in [0.15, 0.2) is 29.2 Å². The molecule has 0 bridgehead atoms. The molecule has 0 saturated heterocycles. The quantitative estimate of drug-likeness (QED) is 0.894. The number of hydrogen-bond donors (Lipinski definition) is 1. The smallest absolute Gasteiger partial charge is 0.241 e. The van der Waals surface area contributed by atoms with Gasteiger partial charge in [0.05, 0.1) is 12.0 Å². The first-order valence-corrected chi connectivity index (χ1v) is 7.35. The van der Waals surface area contributed by atoms with E-state index in [4.69, 9.17) is 4.74 Å². The second kappa shape index (κ2) is 5.28. The molecule has 0 aliphatic heterocycles. The predicted molar refractivity (Wildman–Crippen MR) is 72.2 cm³/mol. The van der Waals surface area contributed by atoms with Crippen molar-refractivity contribution in [2.75, 3.05) is 7.11 Å². The van der Waals surface area contributed by atoms with Gasteiger partial charge < -0.3 is 4.74 Å². The van der Waals surface area contributed by atoms with Gasteiger partial charge in [-0.1, -0.05) is 13.8 Å². The van der Waals surface area contributed by atoms with E-state index in [1.807, 2.05) is 27.7 Å². The van der Waals surface area contributed by atoms with Crippen LogP contribution in [0.1, 0.15) is 27.7 Å². The molecule has 4 nitrogen and oxygen atoms in total. The summed E-state index contributed by atoms with van der Waals surface area (Å²) in [5, 5.41) is 0. The van der Waals surface area contributed by atoms with Crippen LogP contribution in [-0.2, 0) is 10.0 Å². The molecule has 0 saturated carbocycles. The van der Waals surface area contributed by atoms with Crippen molar-refractivity contribution in [3.8, 4) is 5.75 Å². The Morgan fingerprint density at radius 3 is 2.06 bits per heavy atom. The molecule has 0 radical (unpaired) electrons. The van der Waals surface area contributed by atoms with Crippen molar-refractivity contribution in [3.05, 3.63) is 24.3 Å². The number of methoxy groups -OCH3 is 1. The highest BCUT2D eigenvalue weighted by atomic mass is 32.2. The molecule has 5 heteroatoms. The molecule has 0 aliphatic rings. The first kappa shape index (κ1) is 15.0. The van der Waals surface area contributed by atoms with Gasteiger partial charge in [0, 0.05) is 5.54 Å². The summed E-state index contributed by atoms with van der Waals surface area (Å²) < 4.78 is 32.1. The van der Waals surface area contributed by atoms with Gasteiger partial charge in [0.2, 0.25) is 10.0 Å². The highest BCUT2D eigenvalue weighted by Gasteiger charge is 2.28. The minimum Gasteiger partial charge on any atom is -0.497 e. The molecule has 0 atom stereocenters. The van der Waals surface area contributed by atoms with Crippen molar-refractivity contribution >= 4 is 10.0 Å². The molecule has 1 aromatic rings. The maximum Gasteiger partial charge on any atom is 0.241 e. The van der Waals surface area contributed by atoms with Crippen molar-refractivity contribution in [1.29, 1.82) is 0 Å². The fourth-order valence-electron chi connectivity index (χ4n) is 1.28. The van der Waals surface area contributed by atoms with Gasteiger partial charge in [0.25, 0.3) is 0 Å². The highest BCUT2D eigenvalue weighted by molar-refractivity contribution is 7.89.